The molecule has 31 heavy (non-hydrogen) atoms. The predicted molar refractivity (Wildman–Crippen MR) is 120 cm³/mol. The van der Waals surface area contributed by atoms with Crippen molar-refractivity contribution in [3.63, 3.8) is 0 Å². The Hall–Kier alpha value is -2.23. The van der Waals surface area contributed by atoms with E-state index in [1.807, 2.05) is 23.1 Å². The number of carbonyl (C=O) groups excluding carboxylic acids is 1. The van der Waals surface area contributed by atoms with Crippen LogP contribution in [0.3, 0.4) is 0 Å². The first kappa shape index (κ1) is 20.7. The Morgan fingerprint density at radius 1 is 1.10 bits per heavy atom. The zero-order valence-corrected chi connectivity index (χ0v) is 18.8. The van der Waals surface area contributed by atoms with Gasteiger partial charge in [0, 0.05) is 16.8 Å². The molecule has 0 saturated carbocycles. The molecule has 162 valence electrons. The number of amidine groups is 1. The topological polar surface area (TPSA) is 85.3 Å². The maximum Gasteiger partial charge on any atom is 0.252 e. The third-order valence-corrected chi connectivity index (χ3v) is 8.95. The first-order chi connectivity index (χ1) is 14.9. The van der Waals surface area contributed by atoms with Gasteiger partial charge in [0.25, 0.3) is 5.91 Å². The molecule has 0 aromatic heterocycles. The minimum absolute atomic E-state index is 0.0691. The van der Waals surface area contributed by atoms with E-state index in [-0.39, 0.29) is 41.9 Å². The van der Waals surface area contributed by atoms with Crippen LogP contribution in [0.2, 0.25) is 5.02 Å². The molecule has 3 aliphatic heterocycles. The van der Waals surface area contributed by atoms with Crippen molar-refractivity contribution in [1.29, 1.82) is 0 Å². The number of sulfone groups is 1. The maximum atomic E-state index is 12.6. The van der Waals surface area contributed by atoms with E-state index in [1.165, 1.54) is 11.8 Å². The van der Waals surface area contributed by atoms with E-state index in [0.29, 0.717) is 28.2 Å². The molecule has 0 bridgehead atoms. The van der Waals surface area contributed by atoms with E-state index < -0.39 is 9.84 Å². The van der Waals surface area contributed by atoms with E-state index >= 15 is 0 Å². The number of rotatable bonds is 4. The quantitative estimate of drug-likeness (QED) is 0.667. The van der Waals surface area contributed by atoms with Crippen LogP contribution in [-0.4, -0.2) is 54.0 Å². The van der Waals surface area contributed by atoms with Gasteiger partial charge in [-0.05, 0) is 35.4 Å². The van der Waals surface area contributed by atoms with Gasteiger partial charge in [-0.2, -0.15) is 4.99 Å². The fraction of sp³-hybridized carbons (Fsp3) is 0.333. The second-order valence-corrected chi connectivity index (χ2v) is 11.5. The number of hydrogen-bond acceptors (Lipinski definition) is 6. The molecule has 1 amide bonds. The Balaban J connectivity index is 1.39. The average molecular weight is 479 g/mol. The number of halogens is 1. The zero-order chi connectivity index (χ0) is 21.6. The summed E-state index contributed by atoms with van der Waals surface area (Å²) in [5.41, 5.74) is 1.76. The monoisotopic (exact) mass is 478 g/mol. The van der Waals surface area contributed by atoms with Crippen LogP contribution in [-0.2, 0) is 27.6 Å². The van der Waals surface area contributed by atoms with Crippen molar-refractivity contribution < 1.29 is 22.7 Å². The summed E-state index contributed by atoms with van der Waals surface area (Å²) in [4.78, 5) is 18.9. The highest BCUT2D eigenvalue weighted by Crippen LogP contribution is 2.40. The number of carbonyl (C=O) groups is 1. The highest BCUT2D eigenvalue weighted by atomic mass is 35.5. The van der Waals surface area contributed by atoms with Crippen molar-refractivity contribution in [3.8, 4) is 11.5 Å². The van der Waals surface area contributed by atoms with Gasteiger partial charge in [0.05, 0.1) is 24.0 Å². The second kappa shape index (κ2) is 8.03. The fourth-order valence-corrected chi connectivity index (χ4v) is 8.07. The molecule has 0 aliphatic carbocycles. The molecule has 2 aromatic rings. The number of amides is 1. The normalized spacial score (nSPS) is 24.5. The van der Waals surface area contributed by atoms with Gasteiger partial charge >= 0.3 is 0 Å². The number of aliphatic imine (C=N–C) groups is 1. The van der Waals surface area contributed by atoms with E-state index in [4.69, 9.17) is 21.1 Å². The van der Waals surface area contributed by atoms with Gasteiger partial charge < -0.3 is 14.4 Å². The van der Waals surface area contributed by atoms with Crippen molar-refractivity contribution in [3.05, 3.63) is 58.6 Å². The molecule has 0 radical (unpaired) electrons. The maximum absolute atomic E-state index is 12.6. The van der Waals surface area contributed by atoms with Gasteiger partial charge in [-0.1, -0.05) is 41.6 Å². The lowest BCUT2D eigenvalue weighted by Gasteiger charge is -2.24. The van der Waals surface area contributed by atoms with Crippen molar-refractivity contribution in [1.82, 2.24) is 4.90 Å². The highest BCUT2D eigenvalue weighted by Gasteiger charge is 2.48. The number of fused-ring (bicyclic) bond motifs is 2. The summed E-state index contributed by atoms with van der Waals surface area (Å²) in [7, 11) is -3.10. The molecule has 2 atom stereocenters. The first-order valence-electron chi connectivity index (χ1n) is 9.74. The number of thioether (sulfide) groups is 1. The zero-order valence-electron chi connectivity index (χ0n) is 16.4. The number of benzene rings is 2. The molecule has 0 spiro atoms. The molecule has 3 heterocycles. The number of ether oxygens (including phenoxy) is 2. The van der Waals surface area contributed by atoms with Gasteiger partial charge in [-0.15, -0.1) is 0 Å². The van der Waals surface area contributed by atoms with Gasteiger partial charge in [-0.25, -0.2) is 8.42 Å². The summed E-state index contributed by atoms with van der Waals surface area (Å²) in [5.74, 6) is 1.25. The van der Waals surface area contributed by atoms with Crippen LogP contribution >= 0.6 is 23.4 Å². The Kier molecular flexibility index (Phi) is 5.35. The third kappa shape index (κ3) is 4.40. The Morgan fingerprint density at radius 3 is 2.65 bits per heavy atom. The Labute approximate surface area is 189 Å². The molecule has 2 fully saturated rings. The second-order valence-electron chi connectivity index (χ2n) is 7.71. The summed E-state index contributed by atoms with van der Waals surface area (Å²) >= 11 is 7.28. The molecule has 0 unspecified atom stereocenters. The summed E-state index contributed by atoms with van der Waals surface area (Å²) in [6.45, 7) is 0.626. The lowest BCUT2D eigenvalue weighted by atomic mass is 10.1. The van der Waals surface area contributed by atoms with E-state index in [1.54, 1.807) is 24.3 Å². The van der Waals surface area contributed by atoms with Crippen LogP contribution in [0.15, 0.2) is 47.5 Å². The van der Waals surface area contributed by atoms with Crippen LogP contribution < -0.4 is 9.47 Å². The molecule has 7 nitrogen and oxygen atoms in total. The van der Waals surface area contributed by atoms with Gasteiger partial charge in [0.15, 0.2) is 26.5 Å². The largest absolute Gasteiger partial charge is 0.454 e. The van der Waals surface area contributed by atoms with Gasteiger partial charge in [-0.3, -0.25) is 4.79 Å². The SMILES string of the molecule is O=C(Cc1ccc(Cl)cc1)N=C1S[C@H]2CS(=O)(=O)C[C@H]2N1Cc1ccc2c(c1)OCO2. The van der Waals surface area contributed by atoms with Crippen LogP contribution in [0, 0.1) is 0 Å². The lowest BCUT2D eigenvalue weighted by molar-refractivity contribution is -0.117. The molecule has 2 aromatic carbocycles. The number of nitrogens with zero attached hydrogens (tertiary/aromatic N) is 2. The van der Waals surface area contributed by atoms with E-state index in [9.17, 15) is 13.2 Å². The van der Waals surface area contributed by atoms with Crippen LogP contribution in [0.25, 0.3) is 0 Å². The molecule has 0 N–H and O–H groups in total. The van der Waals surface area contributed by atoms with Crippen LogP contribution in [0.5, 0.6) is 11.5 Å². The van der Waals surface area contributed by atoms with Crippen LogP contribution in [0.1, 0.15) is 11.1 Å². The summed E-state index contributed by atoms with van der Waals surface area (Å²) in [5, 5.41) is 1.06. The summed E-state index contributed by atoms with van der Waals surface area (Å²) < 4.78 is 35.2. The highest BCUT2D eigenvalue weighted by molar-refractivity contribution is 8.15. The van der Waals surface area contributed by atoms with Gasteiger partial charge in [0.2, 0.25) is 6.79 Å². The minimum atomic E-state index is -3.10. The van der Waals surface area contributed by atoms with E-state index in [0.717, 1.165) is 11.1 Å². The van der Waals surface area contributed by atoms with Crippen LogP contribution in [0.4, 0.5) is 0 Å². The smallest absolute Gasteiger partial charge is 0.252 e. The van der Waals surface area contributed by atoms with Crippen molar-refractivity contribution in [2.75, 3.05) is 18.3 Å². The molecular weight excluding hydrogens is 460 g/mol. The minimum Gasteiger partial charge on any atom is -0.454 e. The van der Waals surface area contributed by atoms with Gasteiger partial charge in [0.1, 0.15) is 0 Å². The van der Waals surface area contributed by atoms with E-state index in [2.05, 4.69) is 4.99 Å². The third-order valence-electron chi connectivity index (χ3n) is 5.45. The Morgan fingerprint density at radius 2 is 1.84 bits per heavy atom. The average Bonchev–Trinajstić information content (AvgIpc) is 3.37. The summed E-state index contributed by atoms with van der Waals surface area (Å²) in [6, 6.07) is 12.5. The fourth-order valence-electron chi connectivity index (χ4n) is 3.98. The van der Waals surface area contributed by atoms with Crippen molar-refractivity contribution >= 4 is 44.3 Å². The van der Waals surface area contributed by atoms with Crippen molar-refractivity contribution in [2.45, 2.75) is 24.3 Å². The molecule has 5 rings (SSSR count). The van der Waals surface area contributed by atoms with Crippen molar-refractivity contribution in [2.24, 2.45) is 4.99 Å². The molecule has 2 saturated heterocycles. The Bertz CT molecular complexity index is 1170. The number of hydrogen-bond donors (Lipinski definition) is 0. The summed E-state index contributed by atoms with van der Waals surface area (Å²) in [6.07, 6.45) is 0.159. The molecule has 3 aliphatic rings. The molecule has 10 heteroatoms. The predicted octanol–water partition coefficient (Wildman–Crippen LogP) is 2.91. The standard InChI is InChI=1S/C21H19ClN2O5S2/c22-15-4-1-13(2-5-15)8-20(25)23-21-24(16-10-31(26,27)11-19(16)30-21)9-14-3-6-17-18(7-14)29-12-28-17/h1-7,16,19H,8-12H2/t16-,19+/m1/s1. The lowest BCUT2D eigenvalue weighted by Crippen LogP contribution is -2.37. The molecular formula is C21H19ClN2O5S2. The first-order valence-corrected chi connectivity index (χ1v) is 12.8.